The molecule has 1 amide bonds. The van der Waals surface area contributed by atoms with Gasteiger partial charge in [-0.2, -0.15) is 13.2 Å². The summed E-state index contributed by atoms with van der Waals surface area (Å²) in [5, 5.41) is 0. The molecule has 2 N–H and O–H groups in total. The van der Waals surface area contributed by atoms with Gasteiger partial charge >= 0.3 is 12.1 Å². The highest BCUT2D eigenvalue weighted by Gasteiger charge is 2.53. The molecule has 0 aliphatic heterocycles. The molecule has 5 rings (SSSR count). The number of hydrogen-bond donors (Lipinski definition) is 1. The number of carbonyl (C=O) groups is 1. The van der Waals surface area contributed by atoms with Crippen molar-refractivity contribution in [3.63, 3.8) is 0 Å². The minimum Gasteiger partial charge on any atom is -0.321 e. The lowest BCUT2D eigenvalue weighted by molar-refractivity contribution is -0.169. The Balaban J connectivity index is 1.48. The zero-order valence-corrected chi connectivity index (χ0v) is 18.7. The first kappa shape index (κ1) is 22.9. The summed E-state index contributed by atoms with van der Waals surface area (Å²) in [6.07, 6.45) is -4.28. The van der Waals surface area contributed by atoms with E-state index in [1.165, 1.54) is 6.07 Å². The van der Waals surface area contributed by atoms with Crippen LogP contribution in [0.15, 0.2) is 109 Å². The molecule has 176 valence electrons. The van der Waals surface area contributed by atoms with Crippen molar-refractivity contribution in [3.8, 4) is 11.1 Å². The van der Waals surface area contributed by atoms with Gasteiger partial charge in [0.05, 0.1) is 0 Å². The van der Waals surface area contributed by atoms with Gasteiger partial charge < -0.3 is 5.73 Å². The largest absolute Gasteiger partial charge is 0.472 e. The lowest BCUT2D eigenvalue weighted by Crippen LogP contribution is -2.38. The van der Waals surface area contributed by atoms with Crippen molar-refractivity contribution < 1.29 is 18.0 Å². The molecular formula is C29H23F3N2O. The van der Waals surface area contributed by atoms with E-state index in [-0.39, 0.29) is 17.3 Å². The van der Waals surface area contributed by atoms with E-state index in [0.29, 0.717) is 5.56 Å². The van der Waals surface area contributed by atoms with E-state index in [1.54, 1.807) is 42.5 Å². The summed E-state index contributed by atoms with van der Waals surface area (Å²) >= 11 is 0. The SMILES string of the molecule is NC1(c2ccccc2)CC1c1ccc(N(C(=O)C(F)(F)F)c2cccc(-c3ccccc3)c2)cc1. The highest BCUT2D eigenvalue weighted by Crippen LogP contribution is 2.56. The number of carbonyl (C=O) groups excluding carboxylic acids is 1. The molecule has 0 saturated heterocycles. The third-order valence-corrected chi connectivity index (χ3v) is 6.53. The van der Waals surface area contributed by atoms with Crippen molar-refractivity contribution >= 4 is 17.3 Å². The number of benzene rings is 4. The highest BCUT2D eigenvalue weighted by atomic mass is 19.4. The summed E-state index contributed by atoms with van der Waals surface area (Å²) in [6, 6.07) is 32.2. The summed E-state index contributed by atoms with van der Waals surface area (Å²) in [4.78, 5) is 13.2. The Bertz CT molecular complexity index is 1340. The normalized spacial score (nSPS) is 19.3. The van der Waals surface area contributed by atoms with Crippen LogP contribution in [0.25, 0.3) is 11.1 Å². The van der Waals surface area contributed by atoms with Gasteiger partial charge in [0.2, 0.25) is 0 Å². The minimum absolute atomic E-state index is 0.0622. The molecule has 0 bridgehead atoms. The second kappa shape index (κ2) is 8.71. The molecule has 6 heteroatoms. The summed E-state index contributed by atoms with van der Waals surface area (Å²) in [7, 11) is 0. The van der Waals surface area contributed by atoms with Crippen LogP contribution in [-0.4, -0.2) is 12.1 Å². The van der Waals surface area contributed by atoms with E-state index in [9.17, 15) is 18.0 Å². The van der Waals surface area contributed by atoms with Gasteiger partial charge in [0, 0.05) is 22.8 Å². The molecule has 4 aromatic carbocycles. The summed E-state index contributed by atoms with van der Waals surface area (Å²) in [5.74, 6) is -1.88. The minimum atomic E-state index is -5.03. The van der Waals surface area contributed by atoms with E-state index in [1.807, 2.05) is 60.7 Å². The first-order chi connectivity index (χ1) is 16.8. The number of halogens is 3. The fraction of sp³-hybridized carbons (Fsp3) is 0.138. The number of alkyl halides is 3. The molecule has 0 spiro atoms. The number of nitrogens with zero attached hydrogens (tertiary/aromatic N) is 1. The van der Waals surface area contributed by atoms with Crippen LogP contribution in [0.5, 0.6) is 0 Å². The van der Waals surface area contributed by atoms with Crippen molar-refractivity contribution in [2.24, 2.45) is 5.73 Å². The van der Waals surface area contributed by atoms with Crippen LogP contribution < -0.4 is 10.6 Å². The second-order valence-electron chi connectivity index (χ2n) is 8.81. The maximum Gasteiger partial charge on any atom is 0.472 e. The van der Waals surface area contributed by atoms with Gasteiger partial charge in [-0.25, -0.2) is 0 Å². The van der Waals surface area contributed by atoms with Crippen molar-refractivity contribution in [1.29, 1.82) is 0 Å². The molecule has 0 radical (unpaired) electrons. The molecular weight excluding hydrogens is 449 g/mol. The molecule has 0 heterocycles. The van der Waals surface area contributed by atoms with E-state index < -0.39 is 17.6 Å². The molecule has 2 unspecified atom stereocenters. The van der Waals surface area contributed by atoms with Crippen LogP contribution >= 0.6 is 0 Å². The molecule has 1 fully saturated rings. The topological polar surface area (TPSA) is 46.3 Å². The monoisotopic (exact) mass is 472 g/mol. The molecule has 0 aromatic heterocycles. The number of anilines is 2. The third kappa shape index (κ3) is 4.45. The second-order valence-corrected chi connectivity index (χ2v) is 8.81. The van der Waals surface area contributed by atoms with Gasteiger partial charge in [-0.15, -0.1) is 0 Å². The van der Waals surface area contributed by atoms with E-state index in [4.69, 9.17) is 5.73 Å². The van der Waals surface area contributed by atoms with Crippen molar-refractivity contribution in [1.82, 2.24) is 0 Å². The number of nitrogens with two attached hydrogens (primary N) is 1. The first-order valence-corrected chi connectivity index (χ1v) is 11.3. The summed E-state index contributed by atoms with van der Waals surface area (Å²) < 4.78 is 40.8. The predicted molar refractivity (Wildman–Crippen MR) is 131 cm³/mol. The van der Waals surface area contributed by atoms with Crippen LogP contribution in [0.1, 0.15) is 23.5 Å². The Morgan fingerprint density at radius 1 is 0.771 bits per heavy atom. The van der Waals surface area contributed by atoms with Gasteiger partial charge in [-0.1, -0.05) is 84.9 Å². The van der Waals surface area contributed by atoms with Gasteiger partial charge in [0.25, 0.3) is 0 Å². The fourth-order valence-corrected chi connectivity index (χ4v) is 4.58. The summed E-state index contributed by atoms with van der Waals surface area (Å²) in [6.45, 7) is 0. The van der Waals surface area contributed by atoms with Gasteiger partial charge in [-0.3, -0.25) is 9.69 Å². The van der Waals surface area contributed by atoms with Crippen LogP contribution in [0.2, 0.25) is 0 Å². The molecule has 2 atom stereocenters. The van der Waals surface area contributed by atoms with Crippen molar-refractivity contribution in [2.75, 3.05) is 4.90 Å². The average molecular weight is 473 g/mol. The number of rotatable bonds is 5. The third-order valence-electron chi connectivity index (χ3n) is 6.53. The van der Waals surface area contributed by atoms with Gasteiger partial charge in [0.15, 0.2) is 0 Å². The zero-order valence-electron chi connectivity index (χ0n) is 18.7. The molecule has 1 saturated carbocycles. The average Bonchev–Trinajstić information content (AvgIpc) is 3.58. The quantitative estimate of drug-likeness (QED) is 0.343. The number of hydrogen-bond acceptors (Lipinski definition) is 2. The maximum absolute atomic E-state index is 13.6. The molecule has 4 aromatic rings. The highest BCUT2D eigenvalue weighted by molar-refractivity contribution is 6.04. The van der Waals surface area contributed by atoms with Crippen molar-refractivity contribution in [3.05, 3.63) is 120 Å². The van der Waals surface area contributed by atoms with Crippen LogP contribution in [0.3, 0.4) is 0 Å². The Labute approximate surface area is 201 Å². The Morgan fingerprint density at radius 2 is 1.37 bits per heavy atom. The molecule has 35 heavy (non-hydrogen) atoms. The van der Waals surface area contributed by atoms with E-state index in [0.717, 1.165) is 28.0 Å². The molecule has 1 aliphatic rings. The standard InChI is InChI=1S/C29H23F3N2O/c30-29(31,32)27(35)34(25-13-7-10-22(18-25)20-8-3-1-4-9-20)24-16-14-21(15-17-24)26-19-28(26,33)23-11-5-2-6-12-23/h1-18,26H,19,33H2. The van der Waals surface area contributed by atoms with Crippen molar-refractivity contribution in [2.45, 2.75) is 24.1 Å². The van der Waals surface area contributed by atoms with Gasteiger partial charge in [-0.05, 0) is 52.9 Å². The molecule has 1 aliphatic carbocycles. The predicted octanol–water partition coefficient (Wildman–Crippen LogP) is 6.92. The Morgan fingerprint density at radius 3 is 2.00 bits per heavy atom. The first-order valence-electron chi connectivity index (χ1n) is 11.3. The Hall–Kier alpha value is -3.90. The van der Waals surface area contributed by atoms with E-state index in [2.05, 4.69) is 0 Å². The van der Waals surface area contributed by atoms with Crippen LogP contribution in [0.4, 0.5) is 24.5 Å². The smallest absolute Gasteiger partial charge is 0.321 e. The van der Waals surface area contributed by atoms with E-state index >= 15 is 0 Å². The summed E-state index contributed by atoms with van der Waals surface area (Å²) in [5.41, 5.74) is 9.91. The van der Waals surface area contributed by atoms with Crippen LogP contribution in [-0.2, 0) is 10.3 Å². The zero-order chi connectivity index (χ0) is 24.6. The number of amides is 1. The van der Waals surface area contributed by atoms with Crippen LogP contribution in [0, 0.1) is 0 Å². The molecule has 3 nitrogen and oxygen atoms in total. The maximum atomic E-state index is 13.6. The lowest BCUT2D eigenvalue weighted by Gasteiger charge is -2.25. The van der Waals surface area contributed by atoms with Gasteiger partial charge in [0.1, 0.15) is 0 Å². The Kier molecular flexibility index (Phi) is 5.69. The lowest BCUT2D eigenvalue weighted by atomic mass is 9.99. The fourth-order valence-electron chi connectivity index (χ4n) is 4.58.